The molecule has 2 aliphatic carbocycles. The predicted molar refractivity (Wildman–Crippen MR) is 363 cm³/mol. The highest BCUT2D eigenvalue weighted by molar-refractivity contribution is 7.98. The molecule has 2 aliphatic rings. The molecule has 0 fully saturated rings. The molecule has 22 heteroatoms. The van der Waals surface area contributed by atoms with Crippen molar-refractivity contribution in [2.24, 2.45) is 0 Å². The summed E-state index contributed by atoms with van der Waals surface area (Å²) in [6, 6.07) is -3.32. The van der Waals surface area contributed by atoms with Gasteiger partial charge in [0.15, 0.2) is 10.3 Å². The third-order valence-electron chi connectivity index (χ3n) is 13.9. The summed E-state index contributed by atoms with van der Waals surface area (Å²) in [5.74, 6) is -7.27. The maximum Gasteiger partial charge on any atom is 0.416 e. The van der Waals surface area contributed by atoms with Crippen molar-refractivity contribution in [3.8, 4) is 22.3 Å². The average molecular weight is 1400 g/mol. The second kappa shape index (κ2) is 32.9. The summed E-state index contributed by atoms with van der Waals surface area (Å²) in [4.78, 5) is 63.5. The number of alkyl halides is 6. The number of amides is 2. The van der Waals surface area contributed by atoms with Crippen LogP contribution in [0.25, 0.3) is 22.3 Å². The van der Waals surface area contributed by atoms with Crippen LogP contribution in [0.1, 0.15) is 167 Å². The zero-order chi connectivity index (χ0) is 103. The molecule has 0 spiro atoms. The summed E-state index contributed by atoms with van der Waals surface area (Å²) in [7, 11) is 0. The van der Waals surface area contributed by atoms with E-state index in [9.17, 15) is 61.8 Å². The molecule has 2 aromatic heterocycles. The van der Waals surface area contributed by atoms with Gasteiger partial charge in [0.2, 0.25) is 11.8 Å². The summed E-state index contributed by atoms with van der Waals surface area (Å²) < 4.78 is 442. The number of fused-ring (bicyclic) bond motifs is 2. The largest absolute Gasteiger partial charge is 0.416 e. The molecule has 96 heavy (non-hydrogen) atoms. The molecule has 0 N–H and O–H groups in total. The third kappa shape index (κ3) is 18.6. The van der Waals surface area contributed by atoms with E-state index in [-0.39, 0.29) is 72.1 Å². The minimum atomic E-state index is -5.34. The van der Waals surface area contributed by atoms with Crippen LogP contribution in [-0.2, 0) is 78.6 Å². The highest BCUT2D eigenvalue weighted by atomic mass is 32.2. The van der Waals surface area contributed by atoms with Gasteiger partial charge in [0.25, 0.3) is 11.1 Å². The van der Waals surface area contributed by atoms with Gasteiger partial charge in [-0.3, -0.25) is 19.2 Å². The Balaban J connectivity index is 0.000000306. The molecular weight excluding hydrogens is 1280 g/mol. The fraction of sp³-hybridized carbons (Fsp3) is 0.378. The standard InChI is InChI=1S/2C37H40F4N4O2S/c1-4-43(5-2)21-22-44(25(3)27-11-13-28(14-12-27)29-15-17-30(18-16-29)37(39,40)41)34(46)23-45-33-8-6-7-32(33)35(47)42-36(45)48-24-26-9-19-31(38)20-10-26;1-4-43(5-2)19-20-44(22-26-9-13-28(14-10-26)29-15-18-32(25(3)21-29)37(39,40)41)34(46)23-45-33-8-6-7-31(33)35(47)42-36(45)48-24-27-11-16-30(38)17-12-27/h9-20,25H,4-8,21-24H2,1-3H3;9-18,21H,4-8,19-20,22-24H2,1-3H3/i4D2,5D2,9D,10D,19D,20D,21D2,22D2,25D;4D2,5D2,6D2,7D2,8D2,9D,10D,13D,14D,15D,18D,19D2,20D2,21D,22D2,23D2. The number of halogens is 8. The first kappa shape index (κ1) is 37.2. The average Bonchev–Trinajstić information content (AvgIpc) is 1.49. The molecule has 0 saturated carbocycles. The molecule has 0 radical (unpaired) electrons. The number of hydrogen-bond acceptors (Lipinski definition) is 10. The summed E-state index contributed by atoms with van der Waals surface area (Å²) in [5, 5.41) is -1.41. The lowest BCUT2D eigenvalue weighted by Gasteiger charge is -2.33. The maximum atomic E-state index is 15.5. The van der Waals surface area contributed by atoms with Gasteiger partial charge in [0.05, 0.1) is 44.6 Å². The molecule has 10 rings (SSSR count). The van der Waals surface area contributed by atoms with E-state index in [0.717, 1.165) is 57.2 Å². The van der Waals surface area contributed by atoms with E-state index in [4.69, 9.17) is 39.8 Å². The van der Waals surface area contributed by atoms with Gasteiger partial charge in [-0.25, -0.2) is 8.78 Å². The second-order valence-corrected chi connectivity index (χ2v) is 21.9. The summed E-state index contributed by atoms with van der Waals surface area (Å²) in [6.45, 7) is -35.4. The van der Waals surface area contributed by atoms with Gasteiger partial charge >= 0.3 is 12.4 Å². The van der Waals surface area contributed by atoms with Crippen LogP contribution in [0.15, 0.2) is 159 Å². The van der Waals surface area contributed by atoms with Crippen molar-refractivity contribution in [3.05, 3.63) is 233 Å². The Hall–Kier alpha value is -7.92. The lowest BCUT2D eigenvalue weighted by atomic mass is 9.98. The van der Waals surface area contributed by atoms with E-state index < -0.39 is 281 Å². The Morgan fingerprint density at radius 3 is 1.78 bits per heavy atom. The van der Waals surface area contributed by atoms with E-state index in [1.807, 2.05) is 0 Å². The van der Waals surface area contributed by atoms with Gasteiger partial charge in [-0.15, -0.1) is 0 Å². The minimum absolute atomic E-state index is 0.0440. The first-order valence-corrected chi connectivity index (χ1v) is 30.3. The number of nitrogens with zero attached hydrogens (tertiary/aromatic N) is 8. The van der Waals surface area contributed by atoms with Crippen LogP contribution in [0.2, 0.25) is 0 Å². The Morgan fingerprint density at radius 2 is 1.18 bits per heavy atom. The molecule has 508 valence electrons. The molecule has 8 aromatic rings. The van der Waals surface area contributed by atoms with Gasteiger partial charge in [-0.05, 0) is 171 Å². The van der Waals surface area contributed by atoms with Crippen LogP contribution in [0.3, 0.4) is 0 Å². The Morgan fingerprint density at radius 1 is 0.615 bits per heavy atom. The SMILES string of the molecule is [2H]c1c([2H])c(C([2H])([2H])N(C(=O)C([2H])([2H])n2c(SCc3ccc(F)cc3)nc(=O)c3c2C([2H])([2H])C([2H])([2H])C3([2H])[2H])C([2H])([2H])C([2H])([2H])N(C([2H])([2H])C)C([2H])([2H])C)c([2H])c([2H])c1-c1c([2H])c([2H])c(C(F)(F)F)c(C)c1[2H].[2H]c1c([2H])c(CSc2nc(=O)c3c(n2CC(=O)N(C([2H])(C)c2ccc(-c4ccc(C(F)(F)F)cc4)cc2)C([2H])([2H])C([2H])([2H])N(C([2H])([2H])C)C([2H])([2H])C)CCC3)c([2H])c([2H])c1F. The van der Waals surface area contributed by atoms with Crippen molar-refractivity contribution in [3.63, 3.8) is 0 Å². The minimum Gasteiger partial charge on any atom is -0.336 e. The predicted octanol–water partition coefficient (Wildman–Crippen LogP) is 15.3. The van der Waals surface area contributed by atoms with Crippen molar-refractivity contribution in [2.45, 2.75) is 140 Å². The monoisotopic (exact) mass is 1400 g/mol. The molecule has 1 unspecified atom stereocenters. The lowest BCUT2D eigenvalue weighted by Crippen LogP contribution is -2.42. The molecule has 0 aliphatic heterocycles. The maximum absolute atomic E-state index is 15.5. The summed E-state index contributed by atoms with van der Waals surface area (Å²) >= 11 is 0.892. The lowest BCUT2D eigenvalue weighted by molar-refractivity contribution is -0.138. The van der Waals surface area contributed by atoms with Crippen molar-refractivity contribution >= 4 is 35.3 Å². The van der Waals surface area contributed by atoms with E-state index in [2.05, 4.69) is 9.97 Å². The number of carbonyl (C=O) groups excluding carboxylic acids is 2. The quantitative estimate of drug-likeness (QED) is 0.0295. The highest BCUT2D eigenvalue weighted by Crippen LogP contribution is 2.36. The number of likely N-dealkylation sites (N-methyl/N-ethyl adjacent to an activating group) is 2. The van der Waals surface area contributed by atoms with Crippen LogP contribution in [0, 0.1) is 18.6 Å². The second-order valence-electron chi connectivity index (χ2n) is 20.0. The molecule has 6 aromatic carbocycles. The molecule has 0 bridgehead atoms. The zero-order valence-corrected chi connectivity index (χ0v) is 52.9. The Bertz CT molecular complexity index is 5970. The smallest absolute Gasteiger partial charge is 0.336 e. The zero-order valence-electron chi connectivity index (χ0n) is 89.2. The fourth-order valence-electron chi connectivity index (χ4n) is 9.07. The third-order valence-corrected chi connectivity index (χ3v) is 15.9. The van der Waals surface area contributed by atoms with Crippen molar-refractivity contribution < 1.29 is 96.8 Å². The van der Waals surface area contributed by atoms with Gasteiger partial charge < -0.3 is 28.7 Å². The van der Waals surface area contributed by atoms with Gasteiger partial charge in [0, 0.05) is 91.2 Å². The number of hydrogen-bond donors (Lipinski definition) is 0. The topological polar surface area (TPSA) is 117 Å². The molecule has 2 amide bonds. The molecular formula is C74H80F8N8O4S2. The Kier molecular flexibility index (Phi) is 12.7. The van der Waals surface area contributed by atoms with Crippen LogP contribution < -0.4 is 11.1 Å². The number of rotatable bonds is 26. The van der Waals surface area contributed by atoms with Crippen molar-refractivity contribution in [2.75, 3.05) is 52.0 Å². The number of carbonyl (C=O) groups is 2. The van der Waals surface area contributed by atoms with Crippen LogP contribution in [-0.4, -0.2) is 102 Å². The van der Waals surface area contributed by atoms with Gasteiger partial charge in [-0.2, -0.15) is 36.3 Å². The molecule has 12 nitrogen and oxygen atoms in total. The number of aromatic nitrogens is 4. The highest BCUT2D eigenvalue weighted by Gasteiger charge is 2.34. The Labute approximate surface area is 617 Å². The fourth-order valence-corrected chi connectivity index (χ4v) is 10.9. The first-order chi connectivity index (χ1) is 60.4. The van der Waals surface area contributed by atoms with Crippen LogP contribution in [0.5, 0.6) is 0 Å². The molecule has 0 saturated heterocycles. The van der Waals surface area contributed by atoms with E-state index >= 15 is 4.79 Å². The summed E-state index contributed by atoms with van der Waals surface area (Å²) in [6.07, 6.45) is -20.7. The normalized spacial score (nSPS) is 22.3. The molecule has 1 atom stereocenters. The van der Waals surface area contributed by atoms with Gasteiger partial charge in [0.1, 0.15) is 24.7 Å². The number of benzene rings is 6. The summed E-state index contributed by atoms with van der Waals surface area (Å²) in [5.41, 5.74) is -12.8. The van der Waals surface area contributed by atoms with Crippen molar-refractivity contribution in [1.29, 1.82) is 0 Å². The molecule has 2 heterocycles. The number of thioether (sulfide) groups is 2. The van der Waals surface area contributed by atoms with Crippen molar-refractivity contribution in [1.82, 2.24) is 38.7 Å². The van der Waals surface area contributed by atoms with E-state index in [1.54, 1.807) is 0 Å². The van der Waals surface area contributed by atoms with E-state index in [1.165, 1.54) is 41.0 Å². The van der Waals surface area contributed by atoms with Gasteiger partial charge in [-0.1, -0.05) is 148 Å². The van der Waals surface area contributed by atoms with Crippen LogP contribution in [0.4, 0.5) is 35.1 Å². The van der Waals surface area contributed by atoms with Crippen LogP contribution >= 0.6 is 23.5 Å². The first-order valence-electron chi connectivity index (χ1n) is 47.3. The van der Waals surface area contributed by atoms with E-state index in [0.29, 0.717) is 50.1 Å².